The van der Waals surface area contributed by atoms with Gasteiger partial charge in [0.05, 0.1) is 19.3 Å². The summed E-state index contributed by atoms with van der Waals surface area (Å²) in [4.78, 5) is 11.7. The largest absolute Gasteiger partial charge is 0.488 e. The van der Waals surface area contributed by atoms with Crippen molar-refractivity contribution in [3.05, 3.63) is 29.8 Å². The summed E-state index contributed by atoms with van der Waals surface area (Å²) in [6.07, 6.45) is 0. The molecular weight excluding hydrogens is 225 g/mol. The highest BCUT2D eigenvalue weighted by Gasteiger charge is 2.15. The molecule has 0 spiro atoms. The minimum absolute atomic E-state index is 0.196. The van der Waals surface area contributed by atoms with Gasteiger partial charge < -0.3 is 25.6 Å². The molecular formula is C10H14BNO5. The van der Waals surface area contributed by atoms with Crippen molar-refractivity contribution in [2.75, 3.05) is 13.2 Å². The van der Waals surface area contributed by atoms with E-state index < -0.39 is 19.1 Å². The molecule has 0 aromatic heterocycles. The summed E-state index contributed by atoms with van der Waals surface area (Å²) in [7, 11) is -1.64. The number of hydrogen-bond acceptors (Lipinski definition) is 5. The van der Waals surface area contributed by atoms with Crippen LogP contribution in [0.1, 0.15) is 10.4 Å². The molecule has 1 aromatic carbocycles. The van der Waals surface area contributed by atoms with Crippen LogP contribution in [0.15, 0.2) is 24.3 Å². The second-order valence-electron chi connectivity index (χ2n) is 3.53. The fraction of sp³-hybridized carbons (Fsp3) is 0.300. The molecule has 1 amide bonds. The third-order valence-corrected chi connectivity index (χ3v) is 2.22. The van der Waals surface area contributed by atoms with E-state index in [1.165, 1.54) is 24.3 Å². The molecule has 0 radical (unpaired) electrons. The molecule has 0 atom stereocenters. The van der Waals surface area contributed by atoms with Crippen LogP contribution in [0.2, 0.25) is 0 Å². The molecule has 0 heterocycles. The van der Waals surface area contributed by atoms with Crippen LogP contribution in [0.3, 0.4) is 0 Å². The van der Waals surface area contributed by atoms with E-state index >= 15 is 0 Å². The molecule has 92 valence electrons. The summed E-state index contributed by atoms with van der Waals surface area (Å²) in [6, 6.07) is 5.07. The van der Waals surface area contributed by atoms with Gasteiger partial charge in [0.25, 0.3) is 5.91 Å². The number of hydrogen-bond donors (Lipinski definition) is 5. The lowest BCUT2D eigenvalue weighted by Gasteiger charge is -2.13. The van der Waals surface area contributed by atoms with E-state index in [2.05, 4.69) is 5.32 Å². The van der Waals surface area contributed by atoms with Crippen LogP contribution < -0.4 is 10.8 Å². The maximum Gasteiger partial charge on any atom is 0.488 e. The minimum Gasteiger partial charge on any atom is -0.423 e. The lowest BCUT2D eigenvalue weighted by Crippen LogP contribution is -2.40. The Hall–Kier alpha value is -1.41. The van der Waals surface area contributed by atoms with Crippen molar-refractivity contribution in [3.63, 3.8) is 0 Å². The van der Waals surface area contributed by atoms with E-state index in [0.29, 0.717) is 0 Å². The zero-order valence-electron chi connectivity index (χ0n) is 9.08. The Morgan fingerprint density at radius 3 is 2.47 bits per heavy atom. The topological polar surface area (TPSA) is 110 Å². The highest BCUT2D eigenvalue weighted by Crippen LogP contribution is 1.98. The fourth-order valence-corrected chi connectivity index (χ4v) is 1.26. The molecule has 0 aliphatic carbocycles. The lowest BCUT2D eigenvalue weighted by atomic mass is 9.79. The van der Waals surface area contributed by atoms with Gasteiger partial charge >= 0.3 is 7.12 Å². The van der Waals surface area contributed by atoms with Crippen LogP contribution in [0.25, 0.3) is 0 Å². The number of carbonyl (C=O) groups is 1. The predicted octanol–water partition coefficient (Wildman–Crippen LogP) is -2.55. The Labute approximate surface area is 98.7 Å². The summed E-state index contributed by atoms with van der Waals surface area (Å²) in [5.41, 5.74) is 0.421. The minimum atomic E-state index is -1.64. The number of carbonyl (C=O) groups excluding carboxylic acids is 1. The normalized spacial score (nSPS) is 10.4. The molecule has 0 unspecified atom stereocenters. The molecule has 5 N–H and O–H groups in total. The van der Waals surface area contributed by atoms with Gasteiger partial charge in [0.15, 0.2) is 0 Å². The maximum atomic E-state index is 11.7. The van der Waals surface area contributed by atoms with Crippen LogP contribution in [0.5, 0.6) is 0 Å². The molecule has 17 heavy (non-hydrogen) atoms. The van der Waals surface area contributed by atoms with Crippen molar-refractivity contribution < 1.29 is 25.1 Å². The molecule has 0 saturated heterocycles. The standard InChI is InChI=1S/C10H14BNO5/c13-5-9(6-14)12-10(15)7-2-1-3-8(4-7)11(16)17/h1-4,9,13-14,16-17H,5-6H2,(H,12,15). The van der Waals surface area contributed by atoms with Crippen molar-refractivity contribution in [1.29, 1.82) is 0 Å². The van der Waals surface area contributed by atoms with Gasteiger partial charge in [-0.2, -0.15) is 0 Å². The monoisotopic (exact) mass is 239 g/mol. The van der Waals surface area contributed by atoms with Gasteiger partial charge in [-0.25, -0.2) is 0 Å². The lowest BCUT2D eigenvalue weighted by molar-refractivity contribution is 0.0879. The Bertz CT molecular complexity index is 381. The molecule has 0 aliphatic rings. The van der Waals surface area contributed by atoms with Gasteiger partial charge in [-0.1, -0.05) is 12.1 Å². The zero-order valence-corrected chi connectivity index (χ0v) is 9.08. The van der Waals surface area contributed by atoms with E-state index in [1.54, 1.807) is 0 Å². The predicted molar refractivity (Wildman–Crippen MR) is 61.7 cm³/mol. The van der Waals surface area contributed by atoms with E-state index in [0.717, 1.165) is 0 Å². The smallest absolute Gasteiger partial charge is 0.423 e. The molecule has 0 bridgehead atoms. The van der Waals surface area contributed by atoms with Crippen LogP contribution in [0.4, 0.5) is 0 Å². The Kier molecular flexibility index (Phi) is 5.11. The number of aliphatic hydroxyl groups excluding tert-OH is 2. The van der Waals surface area contributed by atoms with E-state index in [9.17, 15) is 4.79 Å². The zero-order chi connectivity index (χ0) is 12.8. The third kappa shape index (κ3) is 3.83. The van der Waals surface area contributed by atoms with Crippen molar-refractivity contribution >= 4 is 18.5 Å². The summed E-state index contributed by atoms with van der Waals surface area (Å²) in [5, 5.41) is 37.9. The summed E-state index contributed by atoms with van der Waals surface area (Å²) >= 11 is 0. The third-order valence-electron chi connectivity index (χ3n) is 2.22. The molecule has 6 nitrogen and oxygen atoms in total. The second-order valence-corrected chi connectivity index (χ2v) is 3.53. The number of aliphatic hydroxyl groups is 2. The van der Waals surface area contributed by atoms with Crippen LogP contribution in [-0.2, 0) is 0 Å². The van der Waals surface area contributed by atoms with E-state index in [4.69, 9.17) is 20.3 Å². The average molecular weight is 239 g/mol. The van der Waals surface area contributed by atoms with Crippen molar-refractivity contribution in [2.45, 2.75) is 6.04 Å². The molecule has 0 aliphatic heterocycles. The molecule has 0 saturated carbocycles. The molecule has 1 aromatic rings. The molecule has 0 fully saturated rings. The number of amides is 1. The Morgan fingerprint density at radius 1 is 1.29 bits per heavy atom. The van der Waals surface area contributed by atoms with Crippen molar-refractivity contribution in [3.8, 4) is 0 Å². The SMILES string of the molecule is O=C(NC(CO)CO)c1cccc(B(O)O)c1. The average Bonchev–Trinajstić information content (AvgIpc) is 2.35. The van der Waals surface area contributed by atoms with E-state index in [1.807, 2.05) is 0 Å². The van der Waals surface area contributed by atoms with Gasteiger partial charge in [0.2, 0.25) is 0 Å². The van der Waals surface area contributed by atoms with Gasteiger partial charge in [-0.05, 0) is 17.6 Å². The first-order chi connectivity index (χ1) is 8.08. The van der Waals surface area contributed by atoms with Crippen molar-refractivity contribution in [2.24, 2.45) is 0 Å². The Balaban J connectivity index is 2.78. The summed E-state index contributed by atoms with van der Waals surface area (Å²) in [6.45, 7) is -0.741. The van der Waals surface area contributed by atoms with Gasteiger partial charge in [-0.15, -0.1) is 0 Å². The Morgan fingerprint density at radius 2 is 1.94 bits per heavy atom. The quantitative estimate of drug-likeness (QED) is 0.363. The first kappa shape index (κ1) is 13.7. The van der Waals surface area contributed by atoms with Crippen LogP contribution >= 0.6 is 0 Å². The summed E-state index contributed by atoms with van der Waals surface area (Å²) < 4.78 is 0. The molecule has 1 rings (SSSR count). The number of benzene rings is 1. The second kappa shape index (κ2) is 6.36. The van der Waals surface area contributed by atoms with Crippen LogP contribution in [0, 0.1) is 0 Å². The summed E-state index contributed by atoms with van der Waals surface area (Å²) in [5.74, 6) is -0.499. The maximum absolute atomic E-state index is 11.7. The molecule has 7 heteroatoms. The highest BCUT2D eigenvalue weighted by molar-refractivity contribution is 6.58. The van der Waals surface area contributed by atoms with Gasteiger partial charge in [0.1, 0.15) is 0 Å². The fourth-order valence-electron chi connectivity index (χ4n) is 1.26. The van der Waals surface area contributed by atoms with Crippen LogP contribution in [-0.4, -0.2) is 52.5 Å². The first-order valence-corrected chi connectivity index (χ1v) is 5.07. The number of nitrogens with one attached hydrogen (secondary N) is 1. The van der Waals surface area contributed by atoms with Gasteiger partial charge in [-0.3, -0.25) is 4.79 Å². The van der Waals surface area contributed by atoms with Gasteiger partial charge in [0, 0.05) is 5.56 Å². The number of rotatable bonds is 5. The first-order valence-electron chi connectivity index (χ1n) is 5.07. The highest BCUT2D eigenvalue weighted by atomic mass is 16.4. The van der Waals surface area contributed by atoms with E-state index in [-0.39, 0.29) is 24.2 Å². The van der Waals surface area contributed by atoms with Crippen molar-refractivity contribution in [1.82, 2.24) is 5.32 Å².